The predicted octanol–water partition coefficient (Wildman–Crippen LogP) is 2.43. The van der Waals surface area contributed by atoms with Crippen LogP contribution in [-0.2, 0) is 6.42 Å². The highest BCUT2D eigenvalue weighted by Crippen LogP contribution is 2.38. The van der Waals surface area contributed by atoms with Gasteiger partial charge in [-0.3, -0.25) is 0 Å². The highest BCUT2D eigenvalue weighted by Gasteiger charge is 2.15. The van der Waals surface area contributed by atoms with Gasteiger partial charge in [0.25, 0.3) is 0 Å². The smallest absolute Gasteiger partial charge is 0.179 e. The number of ether oxygens (including phenoxy) is 2. The summed E-state index contributed by atoms with van der Waals surface area (Å²) in [6.07, 6.45) is 2.40. The quantitative estimate of drug-likeness (QED) is 0.885. The molecule has 1 aromatic rings. The lowest BCUT2D eigenvalue weighted by molar-refractivity contribution is 0.288. The minimum absolute atomic E-state index is 0.187. The van der Waals surface area contributed by atoms with Crippen molar-refractivity contribution in [2.75, 3.05) is 19.8 Å². The number of rotatable bonds is 3. The van der Waals surface area contributed by atoms with Gasteiger partial charge in [0.15, 0.2) is 11.5 Å². The molecule has 0 unspecified atom stereocenters. The van der Waals surface area contributed by atoms with Gasteiger partial charge in [0.1, 0.15) is 0 Å². The summed E-state index contributed by atoms with van der Waals surface area (Å²) < 4.78 is 11.1. The molecule has 0 radical (unpaired) electrons. The average molecular weight is 243 g/mol. The number of aliphatic hydroxyl groups is 1. The molecule has 0 spiro atoms. The molecule has 0 aromatic heterocycles. The van der Waals surface area contributed by atoms with Gasteiger partial charge in [-0.1, -0.05) is 11.6 Å². The molecule has 1 N–H and O–H groups in total. The molecule has 0 fully saturated rings. The third-order valence-corrected chi connectivity index (χ3v) is 2.77. The maximum Gasteiger partial charge on any atom is 0.179 e. The molecule has 1 aliphatic heterocycles. The number of aryl methyl sites for hydroxylation is 1. The summed E-state index contributed by atoms with van der Waals surface area (Å²) in [6.45, 7) is 1.49. The summed E-state index contributed by atoms with van der Waals surface area (Å²) in [6, 6.07) is 3.83. The fourth-order valence-corrected chi connectivity index (χ4v) is 2.00. The van der Waals surface area contributed by atoms with Crippen LogP contribution < -0.4 is 9.47 Å². The summed E-state index contributed by atoms with van der Waals surface area (Å²) in [5.74, 6) is 1.37. The van der Waals surface area contributed by atoms with Gasteiger partial charge in [0.05, 0.1) is 18.2 Å². The van der Waals surface area contributed by atoms with Crippen LogP contribution in [0.5, 0.6) is 11.5 Å². The first kappa shape index (κ1) is 11.6. The van der Waals surface area contributed by atoms with Crippen molar-refractivity contribution in [3.05, 3.63) is 22.7 Å². The SMILES string of the molecule is OCCCc1cc(Cl)c2c(c1)OCCCO2. The zero-order chi connectivity index (χ0) is 11.4. The summed E-state index contributed by atoms with van der Waals surface area (Å²) in [5, 5.41) is 9.38. The summed E-state index contributed by atoms with van der Waals surface area (Å²) in [7, 11) is 0. The topological polar surface area (TPSA) is 38.7 Å². The Morgan fingerprint density at radius 2 is 2.06 bits per heavy atom. The number of hydrogen-bond donors (Lipinski definition) is 1. The average Bonchev–Trinajstić information content (AvgIpc) is 2.51. The van der Waals surface area contributed by atoms with Crippen LogP contribution in [0.15, 0.2) is 12.1 Å². The fraction of sp³-hybridized carbons (Fsp3) is 0.500. The van der Waals surface area contributed by atoms with Crippen LogP contribution in [0.4, 0.5) is 0 Å². The van der Waals surface area contributed by atoms with Gasteiger partial charge in [0.2, 0.25) is 0 Å². The Bertz CT molecular complexity index is 366. The van der Waals surface area contributed by atoms with Crippen LogP contribution in [0, 0.1) is 0 Å². The van der Waals surface area contributed by atoms with Crippen molar-refractivity contribution in [3.63, 3.8) is 0 Å². The molecule has 2 rings (SSSR count). The standard InChI is InChI=1S/C12H15ClO3/c13-10-7-9(3-1-4-14)8-11-12(10)16-6-2-5-15-11/h7-8,14H,1-6H2. The number of halogens is 1. The van der Waals surface area contributed by atoms with Crippen molar-refractivity contribution in [2.24, 2.45) is 0 Å². The number of aliphatic hydroxyl groups excluding tert-OH is 1. The Balaban J connectivity index is 2.24. The van der Waals surface area contributed by atoms with Gasteiger partial charge in [0, 0.05) is 13.0 Å². The lowest BCUT2D eigenvalue weighted by atomic mass is 10.1. The molecule has 0 amide bonds. The Kier molecular flexibility index (Phi) is 3.91. The van der Waals surface area contributed by atoms with E-state index in [-0.39, 0.29) is 6.61 Å². The molecule has 3 nitrogen and oxygen atoms in total. The second-order valence-corrected chi connectivity index (χ2v) is 4.19. The molecular weight excluding hydrogens is 228 g/mol. The molecule has 0 saturated heterocycles. The van der Waals surface area contributed by atoms with Gasteiger partial charge < -0.3 is 14.6 Å². The number of hydrogen-bond acceptors (Lipinski definition) is 3. The Labute approximate surface area is 99.9 Å². The lowest BCUT2D eigenvalue weighted by Crippen LogP contribution is -1.97. The van der Waals surface area contributed by atoms with E-state index < -0.39 is 0 Å². The largest absolute Gasteiger partial charge is 0.489 e. The minimum atomic E-state index is 0.187. The van der Waals surface area contributed by atoms with Crippen molar-refractivity contribution in [1.82, 2.24) is 0 Å². The van der Waals surface area contributed by atoms with Crippen molar-refractivity contribution in [1.29, 1.82) is 0 Å². The van der Waals surface area contributed by atoms with Crippen molar-refractivity contribution < 1.29 is 14.6 Å². The normalized spacial score (nSPS) is 14.6. The van der Waals surface area contributed by atoms with Gasteiger partial charge in [-0.05, 0) is 30.5 Å². The molecule has 0 saturated carbocycles. The molecule has 1 aromatic carbocycles. The molecule has 1 heterocycles. The molecule has 88 valence electrons. The third-order valence-electron chi connectivity index (χ3n) is 2.49. The molecule has 0 bridgehead atoms. The Morgan fingerprint density at radius 1 is 1.25 bits per heavy atom. The van der Waals surface area contributed by atoms with Crippen LogP contribution >= 0.6 is 11.6 Å². The highest BCUT2D eigenvalue weighted by atomic mass is 35.5. The molecule has 4 heteroatoms. The first-order chi connectivity index (χ1) is 7.81. The van der Waals surface area contributed by atoms with Crippen LogP contribution in [0.25, 0.3) is 0 Å². The third kappa shape index (κ3) is 2.60. The first-order valence-corrected chi connectivity index (χ1v) is 5.88. The van der Waals surface area contributed by atoms with E-state index in [2.05, 4.69) is 0 Å². The second-order valence-electron chi connectivity index (χ2n) is 3.78. The first-order valence-electron chi connectivity index (χ1n) is 5.50. The van der Waals surface area contributed by atoms with E-state index >= 15 is 0 Å². The van der Waals surface area contributed by atoms with Crippen LogP contribution in [0.1, 0.15) is 18.4 Å². The van der Waals surface area contributed by atoms with Gasteiger partial charge in [-0.15, -0.1) is 0 Å². The van der Waals surface area contributed by atoms with Crippen LogP contribution in [-0.4, -0.2) is 24.9 Å². The van der Waals surface area contributed by atoms with Crippen molar-refractivity contribution in [2.45, 2.75) is 19.3 Å². The van der Waals surface area contributed by atoms with Crippen LogP contribution in [0.2, 0.25) is 5.02 Å². The molecule has 16 heavy (non-hydrogen) atoms. The molecular formula is C12H15ClO3. The van der Waals surface area contributed by atoms with E-state index in [0.717, 1.165) is 30.6 Å². The Hall–Kier alpha value is -0.930. The van der Waals surface area contributed by atoms with E-state index in [0.29, 0.717) is 24.0 Å². The van der Waals surface area contributed by atoms with Crippen molar-refractivity contribution >= 4 is 11.6 Å². The van der Waals surface area contributed by atoms with Gasteiger partial charge in [-0.25, -0.2) is 0 Å². The minimum Gasteiger partial charge on any atom is -0.489 e. The van der Waals surface area contributed by atoms with Crippen LogP contribution in [0.3, 0.4) is 0 Å². The predicted molar refractivity (Wildman–Crippen MR) is 62.5 cm³/mol. The Morgan fingerprint density at radius 3 is 2.88 bits per heavy atom. The monoisotopic (exact) mass is 242 g/mol. The lowest BCUT2D eigenvalue weighted by Gasteiger charge is -2.11. The summed E-state index contributed by atoms with van der Waals surface area (Å²) in [4.78, 5) is 0. The van der Waals surface area contributed by atoms with Gasteiger partial charge >= 0.3 is 0 Å². The number of benzene rings is 1. The van der Waals surface area contributed by atoms with E-state index in [1.165, 1.54) is 0 Å². The van der Waals surface area contributed by atoms with Gasteiger partial charge in [-0.2, -0.15) is 0 Å². The highest BCUT2D eigenvalue weighted by molar-refractivity contribution is 6.32. The fourth-order valence-electron chi connectivity index (χ4n) is 1.71. The van der Waals surface area contributed by atoms with E-state index in [1.807, 2.05) is 12.1 Å². The maximum atomic E-state index is 8.79. The molecule has 1 aliphatic rings. The molecule has 0 atom stereocenters. The summed E-state index contributed by atoms with van der Waals surface area (Å²) in [5.41, 5.74) is 1.07. The number of fused-ring (bicyclic) bond motifs is 1. The molecule has 0 aliphatic carbocycles. The maximum absolute atomic E-state index is 8.79. The summed E-state index contributed by atoms with van der Waals surface area (Å²) >= 11 is 6.13. The van der Waals surface area contributed by atoms with E-state index in [9.17, 15) is 0 Å². The zero-order valence-electron chi connectivity index (χ0n) is 9.04. The van der Waals surface area contributed by atoms with E-state index in [1.54, 1.807) is 0 Å². The van der Waals surface area contributed by atoms with E-state index in [4.69, 9.17) is 26.2 Å². The second kappa shape index (κ2) is 5.41. The zero-order valence-corrected chi connectivity index (χ0v) is 9.79. The van der Waals surface area contributed by atoms with Crippen molar-refractivity contribution in [3.8, 4) is 11.5 Å².